The third-order valence-corrected chi connectivity index (χ3v) is 7.76. The van der Waals surface area contributed by atoms with Crippen LogP contribution in [0.3, 0.4) is 0 Å². The number of aromatic nitrogens is 3. The Labute approximate surface area is 192 Å². The summed E-state index contributed by atoms with van der Waals surface area (Å²) in [6.07, 6.45) is 5.54. The fraction of sp³-hybridized carbons (Fsp3) is 0.364. The molecule has 1 aromatic heterocycles. The van der Waals surface area contributed by atoms with Gasteiger partial charge in [-0.05, 0) is 61.9 Å². The molecule has 0 N–H and O–H groups in total. The number of nitrogens with zero attached hydrogens (tertiary/aromatic N) is 3. The van der Waals surface area contributed by atoms with Crippen LogP contribution in [0.5, 0.6) is 0 Å². The summed E-state index contributed by atoms with van der Waals surface area (Å²) in [4.78, 5) is 4.22. The first-order valence-electron chi connectivity index (χ1n) is 10.0. The topological polar surface area (TPSA) is 74.1 Å². The van der Waals surface area contributed by atoms with Gasteiger partial charge in [0.15, 0.2) is 0 Å². The van der Waals surface area contributed by atoms with Crippen molar-refractivity contribution in [3.05, 3.63) is 76.3 Å². The Hall–Kier alpha value is -1.93. The summed E-state index contributed by atoms with van der Waals surface area (Å²) in [5, 5.41) is 5.44. The minimum Gasteiger partial charge on any atom is -0.266 e. The lowest BCUT2D eigenvalue weighted by molar-refractivity contribution is 0.243. The van der Waals surface area contributed by atoms with E-state index in [9.17, 15) is 8.42 Å². The molecule has 0 radical (unpaired) electrons. The first-order valence-corrected chi connectivity index (χ1v) is 12.2. The van der Waals surface area contributed by atoms with Gasteiger partial charge in [-0.2, -0.15) is 13.5 Å². The fourth-order valence-corrected chi connectivity index (χ4v) is 5.94. The molecule has 0 spiro atoms. The predicted octanol–water partition coefficient (Wildman–Crippen LogP) is 5.04. The van der Waals surface area contributed by atoms with E-state index in [1.165, 1.54) is 6.33 Å². The maximum absolute atomic E-state index is 12.6. The maximum Gasteiger partial charge on any atom is 0.296 e. The van der Waals surface area contributed by atoms with E-state index >= 15 is 0 Å². The lowest BCUT2D eigenvalue weighted by Gasteiger charge is -2.31. The van der Waals surface area contributed by atoms with E-state index in [4.69, 9.17) is 27.4 Å². The summed E-state index contributed by atoms with van der Waals surface area (Å²) < 4.78 is 32.4. The molecule has 2 atom stereocenters. The fourth-order valence-electron chi connectivity index (χ4n) is 4.36. The zero-order chi connectivity index (χ0) is 22.1. The molecule has 9 heteroatoms. The predicted molar refractivity (Wildman–Crippen MR) is 120 cm³/mol. The minimum atomic E-state index is -3.80. The quantitative estimate of drug-likeness (QED) is 0.443. The molecule has 1 fully saturated rings. The van der Waals surface area contributed by atoms with E-state index in [1.807, 2.05) is 19.1 Å². The second kappa shape index (κ2) is 8.90. The van der Waals surface area contributed by atoms with Crippen molar-refractivity contribution in [3.8, 4) is 0 Å². The van der Waals surface area contributed by atoms with Gasteiger partial charge in [0, 0.05) is 15.5 Å². The van der Waals surface area contributed by atoms with Gasteiger partial charge in [0.25, 0.3) is 10.1 Å². The van der Waals surface area contributed by atoms with Crippen molar-refractivity contribution in [1.29, 1.82) is 0 Å². The number of aryl methyl sites for hydroxylation is 1. The van der Waals surface area contributed by atoms with Gasteiger partial charge in [-0.25, -0.2) is 4.98 Å². The summed E-state index contributed by atoms with van der Waals surface area (Å²) in [5.74, 6) is 0.0653. The summed E-state index contributed by atoms with van der Waals surface area (Å²) in [6, 6.07) is 12.2. The number of hydrogen-bond acceptors (Lipinski definition) is 5. The second-order valence-corrected chi connectivity index (χ2v) is 10.6. The minimum absolute atomic E-state index is 0.0653. The number of halogens is 2. The van der Waals surface area contributed by atoms with Crippen LogP contribution >= 0.6 is 23.2 Å². The Bertz CT molecular complexity index is 1150. The molecule has 1 heterocycles. The van der Waals surface area contributed by atoms with Crippen LogP contribution in [0.4, 0.5) is 0 Å². The van der Waals surface area contributed by atoms with Gasteiger partial charge in [0.1, 0.15) is 12.7 Å². The Morgan fingerprint density at radius 3 is 2.65 bits per heavy atom. The molecule has 4 rings (SSSR count). The van der Waals surface area contributed by atoms with E-state index in [-0.39, 0.29) is 22.8 Å². The summed E-state index contributed by atoms with van der Waals surface area (Å²) in [6.45, 7) is 2.63. The van der Waals surface area contributed by atoms with Crippen molar-refractivity contribution < 1.29 is 12.6 Å². The summed E-state index contributed by atoms with van der Waals surface area (Å²) >= 11 is 12.7. The normalized spacial score (nSPS) is 21.5. The first kappa shape index (κ1) is 22.3. The number of hydrogen-bond donors (Lipinski definition) is 0. The van der Waals surface area contributed by atoms with E-state index in [0.717, 1.165) is 30.4 Å². The highest BCUT2D eigenvalue weighted by Gasteiger charge is 2.43. The van der Waals surface area contributed by atoms with Crippen LogP contribution in [0.2, 0.25) is 10.0 Å². The van der Waals surface area contributed by atoms with Crippen LogP contribution in [-0.4, -0.2) is 29.8 Å². The standard InChI is InChI=1S/C22H23Cl2N3O3S/c1-16-2-5-19(6-3-16)31(28,29)30-12-17-8-9-22(11-17,13-27-15-25-14-26-27)20-7-4-18(23)10-21(20)24/h2-7,10,14-15,17H,8-9,11-13H2,1H3. The molecule has 0 saturated heterocycles. The molecule has 2 unspecified atom stereocenters. The van der Waals surface area contributed by atoms with Crippen LogP contribution in [0.15, 0.2) is 60.0 Å². The van der Waals surface area contributed by atoms with Gasteiger partial charge in [-0.15, -0.1) is 0 Å². The largest absolute Gasteiger partial charge is 0.296 e. The number of rotatable bonds is 7. The maximum atomic E-state index is 12.6. The van der Waals surface area contributed by atoms with E-state index in [0.29, 0.717) is 16.6 Å². The lowest BCUT2D eigenvalue weighted by Crippen LogP contribution is -2.30. The SMILES string of the molecule is Cc1ccc(S(=O)(=O)OCC2CCC(Cn3cncn3)(c3ccc(Cl)cc3Cl)C2)cc1. The molecule has 3 aromatic rings. The highest BCUT2D eigenvalue weighted by molar-refractivity contribution is 7.86. The van der Waals surface area contributed by atoms with Crippen molar-refractivity contribution in [2.24, 2.45) is 5.92 Å². The molecule has 6 nitrogen and oxygen atoms in total. The van der Waals surface area contributed by atoms with Crippen LogP contribution < -0.4 is 0 Å². The molecule has 2 aromatic carbocycles. The van der Waals surface area contributed by atoms with E-state index in [2.05, 4.69) is 10.1 Å². The molecule has 1 aliphatic carbocycles. The second-order valence-electron chi connectivity index (χ2n) is 8.16. The Morgan fingerprint density at radius 1 is 1.19 bits per heavy atom. The van der Waals surface area contributed by atoms with Gasteiger partial charge in [0.05, 0.1) is 18.0 Å². The van der Waals surface area contributed by atoms with Crippen LogP contribution in [0, 0.1) is 12.8 Å². The molecule has 0 aliphatic heterocycles. The molecule has 164 valence electrons. The Morgan fingerprint density at radius 2 is 1.97 bits per heavy atom. The molecule has 31 heavy (non-hydrogen) atoms. The van der Waals surface area contributed by atoms with Crippen LogP contribution in [0.1, 0.15) is 30.4 Å². The summed E-state index contributed by atoms with van der Waals surface area (Å²) in [5.41, 5.74) is 1.67. The monoisotopic (exact) mass is 479 g/mol. The zero-order valence-corrected chi connectivity index (χ0v) is 19.4. The Balaban J connectivity index is 1.53. The van der Waals surface area contributed by atoms with E-state index in [1.54, 1.807) is 41.3 Å². The van der Waals surface area contributed by atoms with Crippen LogP contribution in [-0.2, 0) is 26.3 Å². The molecule has 1 aliphatic rings. The molecule has 0 amide bonds. The van der Waals surface area contributed by atoms with Crippen molar-refractivity contribution >= 4 is 33.3 Å². The van der Waals surface area contributed by atoms with Crippen molar-refractivity contribution in [1.82, 2.24) is 14.8 Å². The van der Waals surface area contributed by atoms with Gasteiger partial charge >= 0.3 is 0 Å². The van der Waals surface area contributed by atoms with Gasteiger partial charge in [-0.3, -0.25) is 8.86 Å². The molecule has 1 saturated carbocycles. The smallest absolute Gasteiger partial charge is 0.266 e. The van der Waals surface area contributed by atoms with Crippen molar-refractivity contribution in [2.45, 2.75) is 43.0 Å². The average molecular weight is 480 g/mol. The number of benzene rings is 2. The highest BCUT2D eigenvalue weighted by atomic mass is 35.5. The third kappa shape index (κ3) is 4.95. The van der Waals surface area contributed by atoms with Crippen molar-refractivity contribution in [2.75, 3.05) is 6.61 Å². The Kier molecular flexibility index (Phi) is 6.40. The average Bonchev–Trinajstić information content (AvgIpc) is 3.38. The highest BCUT2D eigenvalue weighted by Crippen LogP contribution is 2.48. The van der Waals surface area contributed by atoms with Crippen LogP contribution in [0.25, 0.3) is 0 Å². The molecule has 0 bridgehead atoms. The first-order chi connectivity index (χ1) is 14.8. The molecular weight excluding hydrogens is 457 g/mol. The van der Waals surface area contributed by atoms with E-state index < -0.39 is 10.1 Å². The zero-order valence-electron chi connectivity index (χ0n) is 17.0. The van der Waals surface area contributed by atoms with Gasteiger partial charge < -0.3 is 0 Å². The van der Waals surface area contributed by atoms with Crippen molar-refractivity contribution in [3.63, 3.8) is 0 Å². The molecular formula is C22H23Cl2N3O3S. The van der Waals surface area contributed by atoms with Gasteiger partial charge in [0.2, 0.25) is 0 Å². The van der Waals surface area contributed by atoms with Gasteiger partial charge in [-0.1, -0.05) is 47.0 Å². The lowest BCUT2D eigenvalue weighted by atomic mass is 9.78. The third-order valence-electron chi connectivity index (χ3n) is 5.91. The summed E-state index contributed by atoms with van der Waals surface area (Å²) in [7, 11) is -3.80.